The average molecular weight is 384 g/mol. The van der Waals surface area contributed by atoms with E-state index in [9.17, 15) is 14.0 Å². The molecule has 0 fully saturated rings. The third-order valence-electron chi connectivity index (χ3n) is 4.46. The monoisotopic (exact) mass is 384 g/mol. The number of nitrogens with zero attached hydrogens (tertiary/aromatic N) is 1. The fourth-order valence-electron chi connectivity index (χ4n) is 2.90. The van der Waals surface area contributed by atoms with Gasteiger partial charge in [-0.1, -0.05) is 18.2 Å². The maximum atomic E-state index is 13.5. The zero-order valence-electron chi connectivity index (χ0n) is 15.7. The minimum absolute atomic E-state index is 0.0285. The van der Waals surface area contributed by atoms with Crippen molar-refractivity contribution in [2.45, 2.75) is 26.9 Å². The van der Waals surface area contributed by atoms with Gasteiger partial charge in [-0.05, 0) is 38.1 Å². The summed E-state index contributed by atoms with van der Waals surface area (Å²) >= 11 is 0. The lowest BCUT2D eigenvalue weighted by Crippen LogP contribution is -2.28. The van der Waals surface area contributed by atoms with Crippen LogP contribution in [0.4, 0.5) is 4.39 Å². The molecule has 7 heteroatoms. The summed E-state index contributed by atoms with van der Waals surface area (Å²) in [6.45, 7) is 3.79. The van der Waals surface area contributed by atoms with Gasteiger partial charge in [0, 0.05) is 23.5 Å². The molecule has 0 saturated carbocycles. The molecule has 0 bridgehead atoms. The number of amides is 1. The Hall–Kier alpha value is -3.35. The number of hydrogen-bond donors (Lipinski definition) is 1. The van der Waals surface area contributed by atoms with E-state index in [0.29, 0.717) is 17.7 Å². The number of furan rings is 1. The molecular weight excluding hydrogens is 363 g/mol. The van der Waals surface area contributed by atoms with Crippen LogP contribution in [0.5, 0.6) is 0 Å². The zero-order valence-corrected chi connectivity index (χ0v) is 15.7. The first-order valence-corrected chi connectivity index (χ1v) is 8.82. The highest BCUT2D eigenvalue weighted by Crippen LogP contribution is 2.18. The third-order valence-corrected chi connectivity index (χ3v) is 4.46. The van der Waals surface area contributed by atoms with E-state index in [4.69, 9.17) is 9.15 Å². The number of nitrogens with one attached hydrogen (secondary N) is 1. The minimum atomic E-state index is -0.583. The summed E-state index contributed by atoms with van der Waals surface area (Å²) in [6.07, 6.45) is 1.60. The van der Waals surface area contributed by atoms with Crippen molar-refractivity contribution in [3.05, 3.63) is 82.8 Å². The molecule has 0 saturated heterocycles. The van der Waals surface area contributed by atoms with Crippen LogP contribution in [0.2, 0.25) is 0 Å². The number of hydrogen-bond acceptors (Lipinski definition) is 4. The Bertz CT molecular complexity index is 976. The molecule has 2 aromatic heterocycles. The van der Waals surface area contributed by atoms with Crippen molar-refractivity contribution >= 4 is 11.9 Å². The van der Waals surface area contributed by atoms with Gasteiger partial charge in [-0.2, -0.15) is 0 Å². The Morgan fingerprint density at radius 2 is 1.96 bits per heavy atom. The van der Waals surface area contributed by atoms with Gasteiger partial charge in [-0.3, -0.25) is 4.79 Å². The number of ether oxygens (including phenoxy) is 1. The van der Waals surface area contributed by atoms with Crippen LogP contribution in [0.1, 0.15) is 33.1 Å². The van der Waals surface area contributed by atoms with E-state index in [1.54, 1.807) is 36.6 Å². The summed E-state index contributed by atoms with van der Waals surface area (Å²) in [4.78, 5) is 24.3. The molecule has 146 valence electrons. The van der Waals surface area contributed by atoms with Crippen molar-refractivity contribution in [1.82, 2.24) is 9.88 Å². The molecule has 0 unspecified atom stereocenters. The van der Waals surface area contributed by atoms with Gasteiger partial charge in [0.25, 0.3) is 5.91 Å². The van der Waals surface area contributed by atoms with Crippen molar-refractivity contribution in [3.8, 4) is 0 Å². The summed E-state index contributed by atoms with van der Waals surface area (Å²) in [7, 11) is 0. The molecule has 1 aromatic carbocycles. The molecule has 3 rings (SSSR count). The van der Waals surface area contributed by atoms with E-state index in [1.807, 2.05) is 24.5 Å². The van der Waals surface area contributed by atoms with Crippen molar-refractivity contribution in [2.75, 3.05) is 6.61 Å². The third kappa shape index (κ3) is 4.49. The second-order valence-electron chi connectivity index (χ2n) is 6.39. The molecule has 0 atom stereocenters. The van der Waals surface area contributed by atoms with Crippen LogP contribution >= 0.6 is 0 Å². The highest BCUT2D eigenvalue weighted by molar-refractivity contribution is 5.92. The maximum absolute atomic E-state index is 13.5. The first kappa shape index (κ1) is 19.4. The SMILES string of the molecule is Cc1cc(C(=O)OCC(=O)NCc2ccccc2F)c(C)n1Cc1ccco1. The predicted molar refractivity (Wildman–Crippen MR) is 100 cm³/mol. The minimum Gasteiger partial charge on any atom is -0.467 e. The lowest BCUT2D eigenvalue weighted by Gasteiger charge is -2.09. The van der Waals surface area contributed by atoms with Crippen molar-refractivity contribution < 1.29 is 23.1 Å². The molecule has 6 nitrogen and oxygen atoms in total. The van der Waals surface area contributed by atoms with Gasteiger partial charge in [-0.25, -0.2) is 9.18 Å². The molecule has 1 N–H and O–H groups in total. The number of aryl methyl sites for hydroxylation is 1. The smallest absolute Gasteiger partial charge is 0.340 e. The van der Waals surface area contributed by atoms with E-state index in [1.165, 1.54) is 6.07 Å². The fraction of sp³-hybridized carbons (Fsp3) is 0.238. The van der Waals surface area contributed by atoms with E-state index >= 15 is 0 Å². The highest BCUT2D eigenvalue weighted by atomic mass is 19.1. The van der Waals surface area contributed by atoms with E-state index in [-0.39, 0.29) is 6.54 Å². The van der Waals surface area contributed by atoms with Crippen LogP contribution < -0.4 is 5.32 Å². The zero-order chi connectivity index (χ0) is 20.1. The molecule has 28 heavy (non-hydrogen) atoms. The van der Waals surface area contributed by atoms with Gasteiger partial charge in [0.05, 0.1) is 18.4 Å². The van der Waals surface area contributed by atoms with Gasteiger partial charge >= 0.3 is 5.97 Å². The molecule has 1 amide bonds. The molecule has 0 aliphatic carbocycles. The second kappa shape index (κ2) is 8.56. The molecule has 0 aliphatic rings. The number of halogens is 1. The normalized spacial score (nSPS) is 10.7. The summed E-state index contributed by atoms with van der Waals surface area (Å²) in [6, 6.07) is 11.5. The van der Waals surface area contributed by atoms with E-state index in [0.717, 1.165) is 17.1 Å². The number of esters is 1. The van der Waals surface area contributed by atoms with Crippen LogP contribution in [-0.4, -0.2) is 23.1 Å². The number of rotatable bonds is 7. The van der Waals surface area contributed by atoms with Crippen molar-refractivity contribution in [3.63, 3.8) is 0 Å². The first-order chi connectivity index (χ1) is 13.5. The molecule has 0 spiro atoms. The summed E-state index contributed by atoms with van der Waals surface area (Å²) in [5.41, 5.74) is 2.37. The molecular formula is C21H21FN2O4. The van der Waals surface area contributed by atoms with Gasteiger partial charge in [0.2, 0.25) is 0 Å². The number of carbonyl (C=O) groups excluding carboxylic acids is 2. The summed E-state index contributed by atoms with van der Waals surface area (Å²) in [5.74, 6) is -0.709. The van der Waals surface area contributed by atoms with Gasteiger partial charge < -0.3 is 19.0 Å². The molecule has 0 radical (unpaired) electrons. The Kier molecular flexibility index (Phi) is 5.93. The highest BCUT2D eigenvalue weighted by Gasteiger charge is 2.18. The van der Waals surface area contributed by atoms with Gasteiger partial charge in [0.1, 0.15) is 11.6 Å². The average Bonchev–Trinajstić information content (AvgIpc) is 3.29. The number of aromatic nitrogens is 1. The maximum Gasteiger partial charge on any atom is 0.340 e. The van der Waals surface area contributed by atoms with E-state index < -0.39 is 24.3 Å². The van der Waals surface area contributed by atoms with Crippen LogP contribution in [0.15, 0.2) is 53.1 Å². The topological polar surface area (TPSA) is 73.5 Å². The van der Waals surface area contributed by atoms with Crippen molar-refractivity contribution in [1.29, 1.82) is 0 Å². The fourth-order valence-corrected chi connectivity index (χ4v) is 2.90. The molecule has 3 aromatic rings. The molecule has 2 heterocycles. The van der Waals surface area contributed by atoms with Crippen LogP contribution in [0.25, 0.3) is 0 Å². The standard InChI is InChI=1S/C21H21FN2O4/c1-14-10-18(15(2)24(14)12-17-7-5-9-27-17)21(26)28-13-20(25)23-11-16-6-3-4-8-19(16)22/h3-10H,11-13H2,1-2H3,(H,23,25). The Morgan fingerprint density at radius 1 is 1.18 bits per heavy atom. The Balaban J connectivity index is 1.56. The number of benzene rings is 1. The van der Waals surface area contributed by atoms with Crippen LogP contribution in [0, 0.1) is 19.7 Å². The quantitative estimate of drug-likeness (QED) is 0.634. The Labute approximate surface area is 161 Å². The lowest BCUT2D eigenvalue weighted by molar-refractivity contribution is -0.124. The predicted octanol–water partition coefficient (Wildman–Crippen LogP) is 3.36. The first-order valence-electron chi connectivity index (χ1n) is 8.82. The van der Waals surface area contributed by atoms with E-state index in [2.05, 4.69) is 5.32 Å². The largest absolute Gasteiger partial charge is 0.467 e. The van der Waals surface area contributed by atoms with Crippen LogP contribution in [0.3, 0.4) is 0 Å². The summed E-state index contributed by atoms with van der Waals surface area (Å²) in [5, 5.41) is 2.53. The summed E-state index contributed by atoms with van der Waals surface area (Å²) < 4.78 is 26.0. The van der Waals surface area contributed by atoms with Gasteiger partial charge in [-0.15, -0.1) is 0 Å². The van der Waals surface area contributed by atoms with Gasteiger partial charge in [0.15, 0.2) is 6.61 Å². The Morgan fingerprint density at radius 3 is 2.68 bits per heavy atom. The lowest BCUT2D eigenvalue weighted by atomic mass is 10.2. The molecule has 0 aliphatic heterocycles. The second-order valence-corrected chi connectivity index (χ2v) is 6.39. The number of carbonyl (C=O) groups is 2. The van der Waals surface area contributed by atoms with Crippen LogP contribution in [-0.2, 0) is 22.6 Å². The van der Waals surface area contributed by atoms with Crippen molar-refractivity contribution in [2.24, 2.45) is 0 Å².